The molecule has 1 fully saturated rings. The lowest BCUT2D eigenvalue weighted by Crippen LogP contribution is -2.36. The molecule has 29 heavy (non-hydrogen) atoms. The van der Waals surface area contributed by atoms with Crippen LogP contribution < -0.4 is 10.2 Å². The van der Waals surface area contributed by atoms with Crippen LogP contribution in [0.25, 0.3) is 0 Å². The Bertz CT molecular complexity index is 833. The first kappa shape index (κ1) is 19.3. The zero-order valence-electron chi connectivity index (χ0n) is 16.3. The molecule has 4 rings (SSSR count). The van der Waals surface area contributed by atoms with Crippen molar-refractivity contribution in [3.63, 3.8) is 0 Å². The number of benzene rings is 1. The zero-order chi connectivity index (χ0) is 19.9. The SMILES string of the molecule is O=C(CN(Cc1ccco1)Cc1ccco1)Nc1ccc(N2CCOCC2)cc1. The third kappa shape index (κ3) is 5.49. The Morgan fingerprint density at radius 3 is 2.10 bits per heavy atom. The molecule has 2 aromatic heterocycles. The third-order valence-electron chi connectivity index (χ3n) is 4.81. The van der Waals surface area contributed by atoms with Crippen molar-refractivity contribution >= 4 is 17.3 Å². The van der Waals surface area contributed by atoms with Gasteiger partial charge in [0.05, 0.1) is 45.4 Å². The summed E-state index contributed by atoms with van der Waals surface area (Å²) in [5.74, 6) is 1.53. The van der Waals surface area contributed by atoms with Crippen LogP contribution in [-0.4, -0.2) is 43.7 Å². The molecule has 3 aromatic rings. The van der Waals surface area contributed by atoms with Gasteiger partial charge in [-0.15, -0.1) is 0 Å². The summed E-state index contributed by atoms with van der Waals surface area (Å²) < 4.78 is 16.3. The molecular formula is C22H25N3O4. The molecule has 3 heterocycles. The van der Waals surface area contributed by atoms with Gasteiger partial charge in [-0.25, -0.2) is 0 Å². The van der Waals surface area contributed by atoms with Crippen LogP contribution in [0.3, 0.4) is 0 Å². The Kier molecular flexibility index (Phi) is 6.29. The molecule has 1 aliphatic heterocycles. The van der Waals surface area contributed by atoms with Crippen molar-refractivity contribution in [2.24, 2.45) is 0 Å². The van der Waals surface area contributed by atoms with Gasteiger partial charge in [0.25, 0.3) is 0 Å². The molecule has 1 N–H and O–H groups in total. The lowest BCUT2D eigenvalue weighted by atomic mass is 10.2. The number of nitrogens with one attached hydrogen (secondary N) is 1. The number of ether oxygens (including phenoxy) is 1. The molecule has 1 aromatic carbocycles. The molecule has 0 atom stereocenters. The Morgan fingerprint density at radius 1 is 0.931 bits per heavy atom. The van der Waals surface area contributed by atoms with E-state index in [1.165, 1.54) is 0 Å². The van der Waals surface area contributed by atoms with E-state index in [1.54, 1.807) is 12.5 Å². The zero-order valence-corrected chi connectivity index (χ0v) is 16.3. The maximum Gasteiger partial charge on any atom is 0.238 e. The summed E-state index contributed by atoms with van der Waals surface area (Å²) >= 11 is 0. The van der Waals surface area contributed by atoms with Crippen molar-refractivity contribution in [2.45, 2.75) is 13.1 Å². The number of carbonyl (C=O) groups excluding carboxylic acids is 1. The molecule has 7 nitrogen and oxygen atoms in total. The quantitative estimate of drug-likeness (QED) is 0.631. The first-order valence-electron chi connectivity index (χ1n) is 9.76. The monoisotopic (exact) mass is 395 g/mol. The van der Waals surface area contributed by atoms with Gasteiger partial charge in [0.1, 0.15) is 11.5 Å². The first-order valence-corrected chi connectivity index (χ1v) is 9.76. The van der Waals surface area contributed by atoms with E-state index in [1.807, 2.05) is 53.4 Å². The summed E-state index contributed by atoms with van der Waals surface area (Å²) in [6.45, 7) is 4.56. The molecule has 1 aliphatic rings. The largest absolute Gasteiger partial charge is 0.468 e. The Morgan fingerprint density at radius 2 is 1.55 bits per heavy atom. The number of morpholine rings is 1. The summed E-state index contributed by atoms with van der Waals surface area (Å²) in [5, 5.41) is 2.98. The highest BCUT2D eigenvalue weighted by molar-refractivity contribution is 5.92. The molecule has 7 heteroatoms. The number of amides is 1. The normalized spacial score (nSPS) is 14.3. The standard InChI is InChI=1S/C22H25N3O4/c26-22(23-18-5-7-19(8-6-18)25-9-13-27-14-10-25)17-24(15-20-3-1-11-28-20)16-21-4-2-12-29-21/h1-8,11-12H,9-10,13-17H2,(H,23,26). The predicted molar refractivity (Wildman–Crippen MR) is 110 cm³/mol. The molecule has 0 radical (unpaired) electrons. The highest BCUT2D eigenvalue weighted by Crippen LogP contribution is 2.19. The van der Waals surface area contributed by atoms with Gasteiger partial charge in [-0.1, -0.05) is 0 Å². The number of carbonyl (C=O) groups is 1. The number of furan rings is 2. The van der Waals surface area contributed by atoms with Crippen LogP contribution >= 0.6 is 0 Å². The molecule has 152 valence electrons. The fourth-order valence-electron chi connectivity index (χ4n) is 3.39. The van der Waals surface area contributed by atoms with Crippen molar-refractivity contribution in [1.29, 1.82) is 0 Å². The lowest BCUT2D eigenvalue weighted by Gasteiger charge is -2.29. The molecule has 1 amide bonds. The van der Waals surface area contributed by atoms with Crippen molar-refractivity contribution in [3.05, 3.63) is 72.6 Å². The number of hydrogen-bond donors (Lipinski definition) is 1. The summed E-state index contributed by atoms with van der Waals surface area (Å²) in [4.78, 5) is 16.9. The van der Waals surface area contributed by atoms with Crippen LogP contribution in [0.15, 0.2) is 69.9 Å². The summed E-state index contributed by atoms with van der Waals surface area (Å²) in [6.07, 6.45) is 3.27. The maximum atomic E-state index is 12.6. The van der Waals surface area contributed by atoms with Gasteiger partial charge < -0.3 is 23.8 Å². The summed E-state index contributed by atoms with van der Waals surface area (Å²) in [5.41, 5.74) is 1.92. The molecule has 0 bridgehead atoms. The van der Waals surface area contributed by atoms with Gasteiger partial charge in [0.2, 0.25) is 5.91 Å². The van der Waals surface area contributed by atoms with Crippen LogP contribution in [0.1, 0.15) is 11.5 Å². The second-order valence-electron chi connectivity index (χ2n) is 7.00. The molecule has 0 saturated carbocycles. The average Bonchev–Trinajstić information content (AvgIpc) is 3.43. The number of nitrogens with zero attached hydrogens (tertiary/aromatic N) is 2. The van der Waals surface area contributed by atoms with E-state index in [2.05, 4.69) is 10.2 Å². The van der Waals surface area contributed by atoms with Crippen molar-refractivity contribution in [1.82, 2.24) is 4.90 Å². The van der Waals surface area contributed by atoms with Gasteiger partial charge in [-0.05, 0) is 48.5 Å². The minimum Gasteiger partial charge on any atom is -0.468 e. The van der Waals surface area contributed by atoms with Gasteiger partial charge >= 0.3 is 0 Å². The van der Waals surface area contributed by atoms with Crippen LogP contribution in [0.2, 0.25) is 0 Å². The van der Waals surface area contributed by atoms with E-state index < -0.39 is 0 Å². The van der Waals surface area contributed by atoms with E-state index in [0.717, 1.165) is 49.2 Å². The van der Waals surface area contributed by atoms with Gasteiger partial charge in [-0.2, -0.15) is 0 Å². The number of hydrogen-bond acceptors (Lipinski definition) is 6. The maximum absolute atomic E-state index is 12.6. The first-order chi connectivity index (χ1) is 14.3. The highest BCUT2D eigenvalue weighted by atomic mass is 16.5. The van der Waals surface area contributed by atoms with Crippen LogP contribution in [-0.2, 0) is 22.6 Å². The Hall–Kier alpha value is -3.03. The summed E-state index contributed by atoms with van der Waals surface area (Å²) in [6, 6.07) is 15.4. The molecule has 0 spiro atoms. The van der Waals surface area contributed by atoms with E-state index in [9.17, 15) is 4.79 Å². The van der Waals surface area contributed by atoms with Crippen molar-refractivity contribution < 1.29 is 18.4 Å². The minimum absolute atomic E-state index is 0.0813. The molecular weight excluding hydrogens is 370 g/mol. The van der Waals surface area contributed by atoms with E-state index in [-0.39, 0.29) is 12.5 Å². The topological polar surface area (TPSA) is 71.1 Å². The van der Waals surface area contributed by atoms with Crippen molar-refractivity contribution in [3.8, 4) is 0 Å². The predicted octanol–water partition coefficient (Wildman–Crippen LogP) is 3.35. The van der Waals surface area contributed by atoms with Crippen molar-refractivity contribution in [2.75, 3.05) is 43.1 Å². The molecule has 1 saturated heterocycles. The highest BCUT2D eigenvalue weighted by Gasteiger charge is 2.16. The number of anilines is 2. The van der Waals surface area contributed by atoms with Gasteiger partial charge in [-0.3, -0.25) is 9.69 Å². The molecule has 0 unspecified atom stereocenters. The van der Waals surface area contributed by atoms with Crippen LogP contribution in [0.4, 0.5) is 11.4 Å². The van der Waals surface area contributed by atoms with E-state index in [0.29, 0.717) is 13.1 Å². The Labute approximate surface area is 169 Å². The fourth-order valence-corrected chi connectivity index (χ4v) is 3.39. The number of rotatable bonds is 8. The van der Waals surface area contributed by atoms with Gasteiger partial charge in [0.15, 0.2) is 0 Å². The lowest BCUT2D eigenvalue weighted by molar-refractivity contribution is -0.117. The third-order valence-corrected chi connectivity index (χ3v) is 4.81. The van der Waals surface area contributed by atoms with Crippen LogP contribution in [0, 0.1) is 0 Å². The summed E-state index contributed by atoms with van der Waals surface area (Å²) in [7, 11) is 0. The second kappa shape index (κ2) is 9.45. The second-order valence-corrected chi connectivity index (χ2v) is 7.00. The smallest absolute Gasteiger partial charge is 0.238 e. The van der Waals surface area contributed by atoms with Gasteiger partial charge in [0, 0.05) is 24.5 Å². The minimum atomic E-state index is -0.0813. The van der Waals surface area contributed by atoms with E-state index in [4.69, 9.17) is 13.6 Å². The average molecular weight is 395 g/mol. The molecule has 0 aliphatic carbocycles. The Balaban J connectivity index is 1.35. The van der Waals surface area contributed by atoms with E-state index >= 15 is 0 Å². The fraction of sp³-hybridized carbons (Fsp3) is 0.318. The van der Waals surface area contributed by atoms with Crippen LogP contribution in [0.5, 0.6) is 0 Å².